The molecule has 1 nitrogen and oxygen atoms in total. The Morgan fingerprint density at radius 1 is 0.298 bits per heavy atom. The van der Waals surface area contributed by atoms with E-state index in [9.17, 15) is 0 Å². The fraction of sp³-hybridized carbons (Fsp3) is 0.0182. The van der Waals surface area contributed by atoms with E-state index in [-0.39, 0.29) is 0 Å². The second-order valence-electron chi connectivity index (χ2n) is 15.2. The molecule has 0 radical (unpaired) electrons. The number of nitrogens with zero attached hydrogens (tertiary/aromatic N) is 1. The molecular formula is C55H35NS. The van der Waals surface area contributed by atoms with Gasteiger partial charge in [0.05, 0.1) is 5.41 Å². The summed E-state index contributed by atoms with van der Waals surface area (Å²) in [5.74, 6) is 0. The lowest BCUT2D eigenvalue weighted by atomic mass is 9.70. The quantitative estimate of drug-likeness (QED) is 0.170. The predicted molar refractivity (Wildman–Crippen MR) is 241 cm³/mol. The third kappa shape index (κ3) is 4.75. The first-order chi connectivity index (χ1) is 28.3. The molecule has 0 saturated carbocycles. The molecule has 1 aromatic heterocycles. The molecule has 2 heteroatoms. The van der Waals surface area contributed by atoms with Gasteiger partial charge >= 0.3 is 0 Å². The molecule has 10 aromatic rings. The summed E-state index contributed by atoms with van der Waals surface area (Å²) in [5, 5.41) is 2.64. The molecule has 0 aliphatic heterocycles. The lowest BCUT2D eigenvalue weighted by Crippen LogP contribution is -2.26. The molecule has 1 spiro atoms. The lowest BCUT2D eigenvalue weighted by Gasteiger charge is -2.32. The molecule has 266 valence electrons. The molecule has 0 atom stereocenters. The first-order valence-corrected chi connectivity index (χ1v) is 20.5. The Morgan fingerprint density at radius 3 is 1.53 bits per heavy atom. The summed E-state index contributed by atoms with van der Waals surface area (Å²) in [6.07, 6.45) is 0. The van der Waals surface area contributed by atoms with E-state index in [1.165, 1.54) is 86.9 Å². The smallest absolute Gasteiger partial charge is 0.0726 e. The van der Waals surface area contributed by atoms with Crippen molar-refractivity contribution in [1.82, 2.24) is 0 Å². The highest BCUT2D eigenvalue weighted by molar-refractivity contribution is 7.25. The van der Waals surface area contributed by atoms with Gasteiger partial charge in [0.15, 0.2) is 0 Å². The average molecular weight is 742 g/mol. The molecule has 57 heavy (non-hydrogen) atoms. The minimum atomic E-state index is -0.417. The van der Waals surface area contributed by atoms with Crippen LogP contribution in [-0.4, -0.2) is 0 Å². The van der Waals surface area contributed by atoms with Crippen LogP contribution in [0.15, 0.2) is 212 Å². The van der Waals surface area contributed by atoms with Crippen molar-refractivity contribution >= 4 is 48.6 Å². The number of rotatable bonds is 5. The van der Waals surface area contributed by atoms with E-state index in [2.05, 4.69) is 217 Å². The van der Waals surface area contributed by atoms with Crippen LogP contribution in [0.25, 0.3) is 64.7 Å². The summed E-state index contributed by atoms with van der Waals surface area (Å²) in [4.78, 5) is 2.44. The Morgan fingerprint density at radius 2 is 0.807 bits per heavy atom. The predicted octanol–water partition coefficient (Wildman–Crippen LogP) is 15.2. The molecule has 0 amide bonds. The van der Waals surface area contributed by atoms with Crippen molar-refractivity contribution in [2.75, 3.05) is 4.90 Å². The van der Waals surface area contributed by atoms with E-state index < -0.39 is 5.41 Å². The molecule has 0 N–H and O–H groups in total. The van der Waals surface area contributed by atoms with Crippen LogP contribution in [0.4, 0.5) is 17.1 Å². The van der Waals surface area contributed by atoms with Gasteiger partial charge in [-0.2, -0.15) is 0 Å². The van der Waals surface area contributed by atoms with Gasteiger partial charge in [-0.3, -0.25) is 0 Å². The number of hydrogen-bond acceptors (Lipinski definition) is 2. The molecule has 12 rings (SSSR count). The van der Waals surface area contributed by atoms with Crippen LogP contribution >= 0.6 is 11.3 Å². The summed E-state index contributed by atoms with van der Waals surface area (Å²) in [6, 6.07) is 78.7. The van der Waals surface area contributed by atoms with E-state index in [0.29, 0.717) is 0 Å². The van der Waals surface area contributed by atoms with Crippen molar-refractivity contribution in [1.29, 1.82) is 0 Å². The third-order valence-corrected chi connectivity index (χ3v) is 13.4. The molecule has 0 unspecified atom stereocenters. The van der Waals surface area contributed by atoms with Crippen LogP contribution in [-0.2, 0) is 5.41 Å². The van der Waals surface area contributed by atoms with E-state index in [0.717, 1.165) is 17.1 Å². The summed E-state index contributed by atoms with van der Waals surface area (Å²) >= 11 is 1.87. The minimum absolute atomic E-state index is 0.417. The van der Waals surface area contributed by atoms with Crippen molar-refractivity contribution < 1.29 is 0 Å². The molecule has 2 aliphatic carbocycles. The third-order valence-electron chi connectivity index (χ3n) is 12.3. The molecule has 1 heterocycles. The van der Waals surface area contributed by atoms with Gasteiger partial charge < -0.3 is 4.90 Å². The maximum Gasteiger partial charge on any atom is 0.0726 e. The van der Waals surface area contributed by atoms with Crippen molar-refractivity contribution in [3.63, 3.8) is 0 Å². The van der Waals surface area contributed by atoms with Crippen LogP contribution in [0.1, 0.15) is 22.3 Å². The van der Waals surface area contributed by atoms with E-state index in [1.807, 2.05) is 11.3 Å². The molecule has 9 aromatic carbocycles. The Hall–Kier alpha value is -7.00. The van der Waals surface area contributed by atoms with Gasteiger partial charge in [-0.1, -0.05) is 164 Å². The highest BCUT2D eigenvalue weighted by atomic mass is 32.1. The Bertz CT molecular complexity index is 3130. The number of benzene rings is 9. The standard InChI is InChI=1S/C55H35NS/c1-2-13-36(14-3-1)37-25-28-40(29-26-37)56(41-16-12-15-38(33-41)39-27-31-48-47-20-7-11-24-53(47)57-54(48)34-39)42-30-32-46-45-19-6-10-23-51(45)55(52(46)35-42)49-21-8-4-17-43(49)44-18-5-9-22-50(44)55/h1-35H. The number of anilines is 3. The van der Waals surface area contributed by atoms with Gasteiger partial charge in [0.1, 0.15) is 0 Å². The van der Waals surface area contributed by atoms with Crippen LogP contribution in [0.3, 0.4) is 0 Å². The number of thiophene rings is 1. The summed E-state index contributed by atoms with van der Waals surface area (Å²) in [6.45, 7) is 0. The van der Waals surface area contributed by atoms with E-state index in [4.69, 9.17) is 0 Å². The van der Waals surface area contributed by atoms with Crippen LogP contribution in [0, 0.1) is 0 Å². The highest BCUT2D eigenvalue weighted by Gasteiger charge is 2.51. The zero-order valence-corrected chi connectivity index (χ0v) is 31.9. The zero-order valence-electron chi connectivity index (χ0n) is 31.1. The largest absolute Gasteiger partial charge is 0.310 e. The number of hydrogen-bond donors (Lipinski definition) is 0. The van der Waals surface area contributed by atoms with Crippen molar-refractivity contribution in [2.24, 2.45) is 0 Å². The van der Waals surface area contributed by atoms with Crippen LogP contribution in [0.2, 0.25) is 0 Å². The topological polar surface area (TPSA) is 3.24 Å². The van der Waals surface area contributed by atoms with Gasteiger partial charge in [0.2, 0.25) is 0 Å². The van der Waals surface area contributed by atoms with E-state index >= 15 is 0 Å². The van der Waals surface area contributed by atoms with Crippen LogP contribution in [0.5, 0.6) is 0 Å². The second-order valence-corrected chi connectivity index (χ2v) is 16.3. The summed E-state index contributed by atoms with van der Waals surface area (Å²) in [7, 11) is 0. The Kier molecular flexibility index (Phi) is 7.08. The second kappa shape index (κ2) is 12.5. The minimum Gasteiger partial charge on any atom is -0.310 e. The van der Waals surface area contributed by atoms with Gasteiger partial charge in [-0.05, 0) is 115 Å². The molecule has 2 aliphatic rings. The molecule has 0 bridgehead atoms. The monoisotopic (exact) mass is 741 g/mol. The van der Waals surface area contributed by atoms with E-state index in [1.54, 1.807) is 0 Å². The highest BCUT2D eigenvalue weighted by Crippen LogP contribution is 2.63. The normalized spacial score (nSPS) is 13.1. The van der Waals surface area contributed by atoms with Gasteiger partial charge in [0.25, 0.3) is 0 Å². The SMILES string of the molecule is c1ccc(-c2ccc(N(c3cccc(-c4ccc5c(c4)sc4ccccc45)c3)c3ccc4c(c3)C3(c5ccccc5-c5ccccc53)c3ccccc3-4)cc2)cc1. The van der Waals surface area contributed by atoms with Crippen molar-refractivity contribution in [3.8, 4) is 44.5 Å². The number of fused-ring (bicyclic) bond motifs is 13. The average Bonchev–Trinajstić information content (AvgIpc) is 3.91. The maximum absolute atomic E-state index is 2.48. The summed E-state index contributed by atoms with van der Waals surface area (Å²) in [5.41, 5.74) is 18.4. The van der Waals surface area contributed by atoms with Crippen molar-refractivity contribution in [3.05, 3.63) is 235 Å². The lowest BCUT2D eigenvalue weighted by molar-refractivity contribution is 0.793. The Balaban J connectivity index is 1.06. The molecule has 0 saturated heterocycles. The Labute approximate surface area is 336 Å². The van der Waals surface area contributed by atoms with Crippen molar-refractivity contribution in [2.45, 2.75) is 5.41 Å². The first-order valence-electron chi connectivity index (χ1n) is 19.7. The fourth-order valence-corrected chi connectivity index (χ4v) is 11.0. The molecular weight excluding hydrogens is 707 g/mol. The van der Waals surface area contributed by atoms with Crippen LogP contribution < -0.4 is 4.90 Å². The maximum atomic E-state index is 2.48. The van der Waals surface area contributed by atoms with Gasteiger partial charge in [-0.25, -0.2) is 0 Å². The zero-order chi connectivity index (χ0) is 37.5. The fourth-order valence-electron chi connectivity index (χ4n) is 9.83. The first kappa shape index (κ1) is 32.3. The summed E-state index contributed by atoms with van der Waals surface area (Å²) < 4.78 is 2.64. The van der Waals surface area contributed by atoms with Gasteiger partial charge in [-0.15, -0.1) is 11.3 Å². The van der Waals surface area contributed by atoms with Gasteiger partial charge in [0, 0.05) is 37.2 Å². The molecule has 0 fully saturated rings.